The highest BCUT2D eigenvalue weighted by atomic mass is 16.6. The van der Waals surface area contributed by atoms with Crippen LogP contribution in [0.1, 0.15) is 57.8 Å². The fraction of sp³-hybridized carbons (Fsp3) is 1.00. The Kier molecular flexibility index (Phi) is 5.54. The Labute approximate surface area is 140 Å². The Morgan fingerprint density at radius 3 is 1.61 bits per heavy atom. The van der Waals surface area contributed by atoms with E-state index in [0.29, 0.717) is 24.4 Å². The molecule has 23 heavy (non-hydrogen) atoms. The molecular weight excluding hydrogens is 292 g/mol. The first-order chi connectivity index (χ1) is 11.3. The van der Waals surface area contributed by atoms with Gasteiger partial charge in [0.05, 0.1) is 38.6 Å². The van der Waals surface area contributed by atoms with E-state index in [4.69, 9.17) is 18.9 Å². The van der Waals surface area contributed by atoms with Crippen LogP contribution in [-0.2, 0) is 18.9 Å². The summed E-state index contributed by atoms with van der Waals surface area (Å²) in [5.74, 6) is 1.73. The van der Waals surface area contributed by atoms with Crippen LogP contribution in [0.25, 0.3) is 0 Å². The van der Waals surface area contributed by atoms with Gasteiger partial charge < -0.3 is 18.9 Å². The molecule has 4 fully saturated rings. The molecule has 2 heterocycles. The largest absolute Gasteiger partial charge is 0.375 e. The highest BCUT2D eigenvalue weighted by molar-refractivity contribution is 4.81. The number of hydrogen-bond acceptors (Lipinski definition) is 4. The van der Waals surface area contributed by atoms with E-state index in [0.717, 1.165) is 38.3 Å². The van der Waals surface area contributed by atoms with Crippen LogP contribution in [0.4, 0.5) is 0 Å². The van der Waals surface area contributed by atoms with Crippen LogP contribution in [-0.4, -0.2) is 50.8 Å². The first-order valence-corrected chi connectivity index (χ1v) is 9.81. The zero-order valence-electron chi connectivity index (χ0n) is 14.3. The van der Waals surface area contributed by atoms with Crippen molar-refractivity contribution in [1.29, 1.82) is 0 Å². The fourth-order valence-electron chi connectivity index (χ4n) is 4.50. The van der Waals surface area contributed by atoms with Crippen molar-refractivity contribution in [3.05, 3.63) is 0 Å². The summed E-state index contributed by atoms with van der Waals surface area (Å²) >= 11 is 0. The molecule has 0 bridgehead atoms. The number of ether oxygens (including phenoxy) is 4. The summed E-state index contributed by atoms with van der Waals surface area (Å²) < 4.78 is 22.6. The van der Waals surface area contributed by atoms with Gasteiger partial charge in [0, 0.05) is 0 Å². The van der Waals surface area contributed by atoms with Gasteiger partial charge in [-0.15, -0.1) is 0 Å². The van der Waals surface area contributed by atoms with Gasteiger partial charge in [0.25, 0.3) is 0 Å². The lowest BCUT2D eigenvalue weighted by molar-refractivity contribution is -0.0119. The van der Waals surface area contributed by atoms with Gasteiger partial charge in [0.2, 0.25) is 0 Å². The van der Waals surface area contributed by atoms with Crippen molar-refractivity contribution in [3.8, 4) is 0 Å². The summed E-state index contributed by atoms with van der Waals surface area (Å²) in [5, 5.41) is 0. The molecule has 4 heteroatoms. The summed E-state index contributed by atoms with van der Waals surface area (Å²) in [7, 11) is 0. The minimum absolute atomic E-state index is 0.405. The number of hydrogen-bond donors (Lipinski definition) is 0. The average molecular weight is 324 g/mol. The smallest absolute Gasteiger partial charge is 0.104 e. The second-order valence-electron chi connectivity index (χ2n) is 8.12. The van der Waals surface area contributed by atoms with Crippen molar-refractivity contribution in [2.24, 2.45) is 11.8 Å². The van der Waals surface area contributed by atoms with E-state index >= 15 is 0 Å². The van der Waals surface area contributed by atoms with Crippen LogP contribution in [0.3, 0.4) is 0 Å². The standard InChI is InChI=1S/C19H32O4/c1-3-14(8-16(5-1)20-10-18-12-22-18)7-15-4-2-6-17(9-15)21-11-19-13-23-19/h14-19H,1-13H2. The molecule has 4 aliphatic rings. The SMILES string of the molecule is C1CC(CC2CCCC(OCC3CO3)C2)CC(OCC2CO2)C1. The lowest BCUT2D eigenvalue weighted by Crippen LogP contribution is -2.29. The molecule has 2 saturated heterocycles. The molecule has 0 aromatic heterocycles. The molecule has 2 aliphatic carbocycles. The fourth-order valence-corrected chi connectivity index (χ4v) is 4.50. The molecule has 2 saturated carbocycles. The van der Waals surface area contributed by atoms with Crippen LogP contribution in [0.2, 0.25) is 0 Å². The van der Waals surface area contributed by atoms with Crippen molar-refractivity contribution in [2.45, 2.75) is 82.2 Å². The topological polar surface area (TPSA) is 43.5 Å². The van der Waals surface area contributed by atoms with Crippen LogP contribution in [0.5, 0.6) is 0 Å². The molecule has 2 aliphatic heterocycles. The molecule has 4 rings (SSSR count). The molecule has 0 spiro atoms. The van der Waals surface area contributed by atoms with Crippen molar-refractivity contribution >= 4 is 0 Å². The van der Waals surface area contributed by atoms with Gasteiger partial charge in [-0.25, -0.2) is 0 Å². The van der Waals surface area contributed by atoms with Gasteiger partial charge in [-0.1, -0.05) is 25.7 Å². The Hall–Kier alpha value is -0.160. The van der Waals surface area contributed by atoms with Gasteiger partial charge in [-0.05, 0) is 43.9 Å². The zero-order valence-corrected chi connectivity index (χ0v) is 14.3. The molecule has 0 aromatic carbocycles. The minimum atomic E-state index is 0.405. The maximum atomic E-state index is 6.06. The van der Waals surface area contributed by atoms with Crippen molar-refractivity contribution in [2.75, 3.05) is 26.4 Å². The normalized spacial score (nSPS) is 43.3. The zero-order chi connectivity index (χ0) is 15.5. The lowest BCUT2D eigenvalue weighted by atomic mass is 9.76. The number of epoxide rings is 2. The van der Waals surface area contributed by atoms with Gasteiger partial charge >= 0.3 is 0 Å². The van der Waals surface area contributed by atoms with Gasteiger partial charge in [-0.3, -0.25) is 0 Å². The van der Waals surface area contributed by atoms with Gasteiger partial charge in [0.15, 0.2) is 0 Å². The van der Waals surface area contributed by atoms with E-state index in [1.807, 2.05) is 0 Å². The summed E-state index contributed by atoms with van der Waals surface area (Å²) in [6, 6.07) is 0. The Balaban J connectivity index is 1.17. The second kappa shape index (κ2) is 7.81. The predicted molar refractivity (Wildman–Crippen MR) is 87.5 cm³/mol. The first kappa shape index (κ1) is 16.3. The maximum Gasteiger partial charge on any atom is 0.104 e. The Morgan fingerprint density at radius 1 is 0.696 bits per heavy atom. The van der Waals surface area contributed by atoms with E-state index in [9.17, 15) is 0 Å². The lowest BCUT2D eigenvalue weighted by Gasteiger charge is -2.35. The monoisotopic (exact) mass is 324 g/mol. The molecule has 4 nitrogen and oxygen atoms in total. The highest BCUT2D eigenvalue weighted by Gasteiger charge is 2.31. The molecule has 0 aromatic rings. The molecule has 0 amide bonds. The van der Waals surface area contributed by atoms with Gasteiger partial charge in [-0.2, -0.15) is 0 Å². The highest BCUT2D eigenvalue weighted by Crippen LogP contribution is 2.37. The first-order valence-electron chi connectivity index (χ1n) is 9.81. The maximum absolute atomic E-state index is 6.06. The van der Waals surface area contributed by atoms with Crippen molar-refractivity contribution in [1.82, 2.24) is 0 Å². The molecule has 132 valence electrons. The summed E-state index contributed by atoms with van der Waals surface area (Å²) in [6.07, 6.45) is 13.7. The number of rotatable bonds is 8. The average Bonchev–Trinajstić information content (AvgIpc) is 3.47. The Morgan fingerprint density at radius 2 is 1.17 bits per heavy atom. The molecule has 6 unspecified atom stereocenters. The van der Waals surface area contributed by atoms with E-state index in [1.165, 1.54) is 57.8 Å². The second-order valence-corrected chi connectivity index (χ2v) is 8.12. The van der Waals surface area contributed by atoms with Crippen molar-refractivity contribution in [3.63, 3.8) is 0 Å². The quantitative estimate of drug-likeness (QED) is 0.642. The van der Waals surface area contributed by atoms with Gasteiger partial charge in [0.1, 0.15) is 12.2 Å². The summed E-state index contributed by atoms with van der Waals surface area (Å²) in [4.78, 5) is 0. The Bertz CT molecular complexity index is 332. The molecular formula is C19H32O4. The van der Waals surface area contributed by atoms with Crippen LogP contribution in [0.15, 0.2) is 0 Å². The third kappa shape index (κ3) is 5.42. The van der Waals surface area contributed by atoms with E-state index in [-0.39, 0.29) is 0 Å². The van der Waals surface area contributed by atoms with E-state index < -0.39 is 0 Å². The van der Waals surface area contributed by atoms with E-state index in [2.05, 4.69) is 0 Å². The summed E-state index contributed by atoms with van der Waals surface area (Å²) in [6.45, 7) is 3.46. The van der Waals surface area contributed by atoms with Crippen LogP contribution >= 0.6 is 0 Å². The third-order valence-electron chi connectivity index (χ3n) is 5.98. The third-order valence-corrected chi connectivity index (χ3v) is 5.98. The minimum Gasteiger partial charge on any atom is -0.375 e. The molecule has 0 radical (unpaired) electrons. The molecule has 0 N–H and O–H groups in total. The van der Waals surface area contributed by atoms with Crippen molar-refractivity contribution < 1.29 is 18.9 Å². The van der Waals surface area contributed by atoms with Crippen LogP contribution < -0.4 is 0 Å². The predicted octanol–water partition coefficient (Wildman–Crippen LogP) is 3.32. The van der Waals surface area contributed by atoms with E-state index in [1.54, 1.807) is 0 Å². The van der Waals surface area contributed by atoms with Crippen LogP contribution in [0, 0.1) is 11.8 Å². The summed E-state index contributed by atoms with van der Waals surface area (Å²) in [5.41, 5.74) is 0. The molecule has 6 atom stereocenters.